The molecule has 6 heteroatoms. The monoisotopic (exact) mass is 344 g/mol. The van der Waals surface area contributed by atoms with Crippen LogP contribution in [0, 0.1) is 18.7 Å². The Morgan fingerprint density at radius 3 is 2.80 bits per heavy atom. The summed E-state index contributed by atoms with van der Waals surface area (Å²) in [6, 6.07) is 6.56. The molecule has 5 nitrogen and oxygen atoms in total. The van der Waals surface area contributed by atoms with Crippen LogP contribution in [0.1, 0.15) is 31.0 Å². The Labute approximate surface area is 147 Å². The van der Waals surface area contributed by atoms with Gasteiger partial charge in [0.05, 0.1) is 5.69 Å². The second kappa shape index (κ2) is 7.25. The second-order valence-electron chi connectivity index (χ2n) is 6.94. The van der Waals surface area contributed by atoms with Crippen molar-refractivity contribution in [2.75, 3.05) is 23.3 Å². The predicted molar refractivity (Wildman–Crippen MR) is 97.3 cm³/mol. The van der Waals surface area contributed by atoms with E-state index in [0.717, 1.165) is 35.9 Å². The number of nitrogens with one attached hydrogen (secondary N) is 1. The number of amides is 1. The maximum Gasteiger partial charge on any atom is 0.224 e. The Kier molecular flexibility index (Phi) is 5.06. The van der Waals surface area contributed by atoms with Crippen LogP contribution in [-0.2, 0) is 18.3 Å². The maximum absolute atomic E-state index is 13.3. The van der Waals surface area contributed by atoms with Crippen molar-refractivity contribution in [3.63, 3.8) is 0 Å². The highest BCUT2D eigenvalue weighted by Crippen LogP contribution is 2.32. The van der Waals surface area contributed by atoms with Gasteiger partial charge in [0.2, 0.25) is 5.91 Å². The van der Waals surface area contributed by atoms with Crippen molar-refractivity contribution in [3.8, 4) is 0 Å². The zero-order valence-electron chi connectivity index (χ0n) is 15.1. The molecule has 1 fully saturated rings. The van der Waals surface area contributed by atoms with Crippen LogP contribution in [0.25, 0.3) is 0 Å². The SMILES string of the molecule is Cc1nn(C)c(N2CCC2)c1NC(=O)CC(C)Cc1cccc(F)c1. The Hall–Kier alpha value is -2.37. The number of aryl methyl sites for hydroxylation is 2. The summed E-state index contributed by atoms with van der Waals surface area (Å²) in [5.41, 5.74) is 2.56. The van der Waals surface area contributed by atoms with Gasteiger partial charge in [-0.15, -0.1) is 0 Å². The standard InChI is InChI=1S/C19H25FN4O/c1-13(10-15-6-4-7-16(20)12-15)11-17(25)21-18-14(2)22-23(3)19(18)24-8-5-9-24/h4,6-7,12-13H,5,8-11H2,1-3H3,(H,21,25). The predicted octanol–water partition coefficient (Wildman–Crippen LogP) is 3.29. The molecule has 0 spiro atoms. The number of carbonyl (C=O) groups excluding carboxylic acids is 1. The molecule has 0 aliphatic carbocycles. The Morgan fingerprint density at radius 1 is 1.40 bits per heavy atom. The molecule has 1 aromatic carbocycles. The lowest BCUT2D eigenvalue weighted by atomic mass is 9.97. The van der Waals surface area contributed by atoms with Crippen LogP contribution in [0.4, 0.5) is 15.9 Å². The lowest BCUT2D eigenvalue weighted by Crippen LogP contribution is -2.39. The summed E-state index contributed by atoms with van der Waals surface area (Å²) in [6.07, 6.45) is 2.24. The molecule has 0 saturated carbocycles. The van der Waals surface area contributed by atoms with E-state index in [0.29, 0.717) is 12.8 Å². The van der Waals surface area contributed by atoms with Crippen molar-refractivity contribution in [1.29, 1.82) is 0 Å². The number of hydrogen-bond donors (Lipinski definition) is 1. The first-order chi connectivity index (χ1) is 11.9. The van der Waals surface area contributed by atoms with Gasteiger partial charge in [-0.05, 0) is 43.4 Å². The zero-order chi connectivity index (χ0) is 18.0. The quantitative estimate of drug-likeness (QED) is 0.875. The highest BCUT2D eigenvalue weighted by molar-refractivity contribution is 5.94. The molecular weight excluding hydrogens is 319 g/mol. The number of anilines is 2. The molecule has 1 aromatic heterocycles. The van der Waals surface area contributed by atoms with Crippen LogP contribution in [0.2, 0.25) is 0 Å². The third-order valence-electron chi connectivity index (χ3n) is 4.62. The maximum atomic E-state index is 13.3. The van der Waals surface area contributed by atoms with E-state index < -0.39 is 0 Å². The summed E-state index contributed by atoms with van der Waals surface area (Å²) in [5, 5.41) is 7.48. The average molecular weight is 344 g/mol. The van der Waals surface area contributed by atoms with Gasteiger partial charge in [0, 0.05) is 26.6 Å². The normalized spacial score (nSPS) is 15.0. The number of aromatic nitrogens is 2. The first kappa shape index (κ1) is 17.5. The number of halogens is 1. The molecule has 1 atom stereocenters. The minimum atomic E-state index is -0.237. The Bertz CT molecular complexity index is 767. The van der Waals surface area contributed by atoms with Crippen LogP contribution in [0.15, 0.2) is 24.3 Å². The van der Waals surface area contributed by atoms with E-state index in [1.165, 1.54) is 18.6 Å². The van der Waals surface area contributed by atoms with Crippen molar-refractivity contribution in [3.05, 3.63) is 41.3 Å². The number of benzene rings is 1. The first-order valence-electron chi connectivity index (χ1n) is 8.77. The molecule has 1 saturated heterocycles. The zero-order valence-corrected chi connectivity index (χ0v) is 15.1. The number of rotatable bonds is 6. The van der Waals surface area contributed by atoms with Crippen molar-refractivity contribution in [1.82, 2.24) is 9.78 Å². The van der Waals surface area contributed by atoms with Gasteiger partial charge in [0.1, 0.15) is 11.5 Å². The van der Waals surface area contributed by atoms with E-state index in [2.05, 4.69) is 15.3 Å². The van der Waals surface area contributed by atoms with Crippen LogP contribution < -0.4 is 10.2 Å². The third-order valence-corrected chi connectivity index (χ3v) is 4.62. The topological polar surface area (TPSA) is 50.2 Å². The summed E-state index contributed by atoms with van der Waals surface area (Å²) in [5.74, 6) is 0.849. The highest BCUT2D eigenvalue weighted by atomic mass is 19.1. The van der Waals surface area contributed by atoms with Gasteiger partial charge in [-0.1, -0.05) is 19.1 Å². The van der Waals surface area contributed by atoms with E-state index in [9.17, 15) is 9.18 Å². The number of hydrogen-bond acceptors (Lipinski definition) is 3. The fourth-order valence-electron chi connectivity index (χ4n) is 3.33. The van der Waals surface area contributed by atoms with Gasteiger partial charge in [0.25, 0.3) is 0 Å². The summed E-state index contributed by atoms with van der Waals surface area (Å²) in [6.45, 7) is 5.92. The van der Waals surface area contributed by atoms with Crippen LogP contribution >= 0.6 is 0 Å². The summed E-state index contributed by atoms with van der Waals surface area (Å²) >= 11 is 0. The molecule has 1 aliphatic heterocycles. The van der Waals surface area contributed by atoms with Gasteiger partial charge in [0.15, 0.2) is 5.82 Å². The average Bonchev–Trinajstić information content (AvgIpc) is 2.72. The molecule has 1 unspecified atom stereocenters. The summed E-state index contributed by atoms with van der Waals surface area (Å²) in [7, 11) is 1.91. The van der Waals surface area contributed by atoms with Gasteiger partial charge in [-0.25, -0.2) is 4.39 Å². The second-order valence-corrected chi connectivity index (χ2v) is 6.94. The third kappa shape index (κ3) is 4.00. The van der Waals surface area contributed by atoms with Gasteiger partial charge in [-0.2, -0.15) is 5.10 Å². The van der Waals surface area contributed by atoms with Gasteiger partial charge in [-0.3, -0.25) is 9.48 Å². The lowest BCUT2D eigenvalue weighted by Gasteiger charge is -2.33. The molecule has 134 valence electrons. The van der Waals surface area contributed by atoms with Gasteiger partial charge < -0.3 is 10.2 Å². The molecule has 1 N–H and O–H groups in total. The number of nitrogens with zero attached hydrogens (tertiary/aromatic N) is 3. The van der Waals surface area contributed by atoms with Crippen molar-refractivity contribution in [2.24, 2.45) is 13.0 Å². The van der Waals surface area contributed by atoms with Crippen molar-refractivity contribution < 1.29 is 9.18 Å². The van der Waals surface area contributed by atoms with Crippen LogP contribution in [-0.4, -0.2) is 28.8 Å². The van der Waals surface area contributed by atoms with E-state index in [1.807, 2.05) is 31.6 Å². The molecule has 1 amide bonds. The summed E-state index contributed by atoms with van der Waals surface area (Å²) < 4.78 is 15.1. The molecule has 2 aromatic rings. The first-order valence-corrected chi connectivity index (χ1v) is 8.77. The molecule has 0 radical (unpaired) electrons. The van der Waals surface area contributed by atoms with Crippen molar-refractivity contribution >= 4 is 17.4 Å². The number of carbonyl (C=O) groups is 1. The van der Waals surface area contributed by atoms with E-state index >= 15 is 0 Å². The van der Waals surface area contributed by atoms with Gasteiger partial charge >= 0.3 is 0 Å². The molecular formula is C19H25FN4O. The fraction of sp³-hybridized carbons (Fsp3) is 0.474. The smallest absolute Gasteiger partial charge is 0.224 e. The van der Waals surface area contributed by atoms with Crippen LogP contribution in [0.3, 0.4) is 0 Å². The lowest BCUT2D eigenvalue weighted by molar-refractivity contribution is -0.116. The molecule has 25 heavy (non-hydrogen) atoms. The Balaban J connectivity index is 1.63. The molecule has 2 heterocycles. The largest absolute Gasteiger partial charge is 0.355 e. The van der Waals surface area contributed by atoms with E-state index in [1.54, 1.807) is 6.07 Å². The highest BCUT2D eigenvalue weighted by Gasteiger charge is 2.25. The minimum Gasteiger partial charge on any atom is -0.355 e. The molecule has 1 aliphatic rings. The van der Waals surface area contributed by atoms with E-state index in [4.69, 9.17) is 0 Å². The summed E-state index contributed by atoms with van der Waals surface area (Å²) in [4.78, 5) is 14.7. The fourth-order valence-corrected chi connectivity index (χ4v) is 3.33. The minimum absolute atomic E-state index is 0.0261. The Morgan fingerprint density at radius 2 is 2.16 bits per heavy atom. The molecule has 3 rings (SSSR count). The van der Waals surface area contributed by atoms with Crippen molar-refractivity contribution in [2.45, 2.75) is 33.1 Å². The van der Waals surface area contributed by atoms with E-state index in [-0.39, 0.29) is 17.6 Å². The van der Waals surface area contributed by atoms with Crippen LogP contribution in [0.5, 0.6) is 0 Å². The molecule has 0 bridgehead atoms.